The van der Waals surface area contributed by atoms with Crippen LogP contribution >= 0.6 is 0 Å². The molecule has 1 fully saturated rings. The number of nitrogens with one attached hydrogen (secondary N) is 1. The van der Waals surface area contributed by atoms with Crippen LogP contribution in [0, 0.1) is 11.3 Å². The topological polar surface area (TPSA) is 21.3 Å². The van der Waals surface area contributed by atoms with Gasteiger partial charge in [0.1, 0.15) is 5.75 Å². The molecule has 1 saturated carbocycles. The molecule has 0 aliphatic heterocycles. The highest BCUT2D eigenvalue weighted by molar-refractivity contribution is 5.28. The van der Waals surface area contributed by atoms with Gasteiger partial charge in [0, 0.05) is 6.04 Å². The molecule has 1 aliphatic carbocycles. The Morgan fingerprint density at radius 3 is 2.44 bits per heavy atom. The molecule has 0 amide bonds. The maximum Gasteiger partial charge on any atom is 0.119 e. The van der Waals surface area contributed by atoms with Gasteiger partial charge in [0.15, 0.2) is 0 Å². The lowest BCUT2D eigenvalue weighted by Gasteiger charge is -2.15. The monoisotopic (exact) mass is 247 g/mol. The third-order valence-corrected chi connectivity index (χ3v) is 4.08. The van der Waals surface area contributed by atoms with Crippen molar-refractivity contribution in [3.8, 4) is 5.75 Å². The first-order valence-corrected chi connectivity index (χ1v) is 6.99. The summed E-state index contributed by atoms with van der Waals surface area (Å²) in [6, 6.07) is 8.83. The Kier molecular flexibility index (Phi) is 3.96. The van der Waals surface area contributed by atoms with E-state index in [1.165, 1.54) is 12.0 Å². The van der Waals surface area contributed by atoms with Crippen LogP contribution in [0.3, 0.4) is 0 Å². The van der Waals surface area contributed by atoms with E-state index in [4.69, 9.17) is 4.74 Å². The van der Waals surface area contributed by atoms with Crippen LogP contribution < -0.4 is 10.1 Å². The average Bonchev–Trinajstić information content (AvgIpc) is 2.95. The van der Waals surface area contributed by atoms with Gasteiger partial charge in [0.05, 0.1) is 6.61 Å². The largest absolute Gasteiger partial charge is 0.494 e. The van der Waals surface area contributed by atoms with E-state index in [1.54, 1.807) is 0 Å². The van der Waals surface area contributed by atoms with E-state index in [1.807, 2.05) is 6.92 Å². The Labute approximate surface area is 111 Å². The highest BCUT2D eigenvalue weighted by Gasteiger charge is 2.44. The normalized spacial score (nSPS) is 22.6. The first-order chi connectivity index (χ1) is 8.53. The van der Waals surface area contributed by atoms with Crippen molar-refractivity contribution in [1.82, 2.24) is 5.32 Å². The highest BCUT2D eigenvalue weighted by Crippen LogP contribution is 2.51. The smallest absolute Gasteiger partial charge is 0.119 e. The van der Waals surface area contributed by atoms with Crippen LogP contribution in [0.25, 0.3) is 0 Å². The zero-order valence-corrected chi connectivity index (χ0v) is 12.0. The minimum absolute atomic E-state index is 0.414. The molecule has 2 nitrogen and oxygen atoms in total. The van der Waals surface area contributed by atoms with Gasteiger partial charge in [0.2, 0.25) is 0 Å². The summed E-state index contributed by atoms with van der Waals surface area (Å²) < 4.78 is 5.46. The molecule has 18 heavy (non-hydrogen) atoms. The zero-order chi connectivity index (χ0) is 13.2. The number of hydrogen-bond acceptors (Lipinski definition) is 2. The summed E-state index contributed by atoms with van der Waals surface area (Å²) in [5.74, 6) is 1.81. The fourth-order valence-electron chi connectivity index (χ4n) is 2.38. The summed E-state index contributed by atoms with van der Waals surface area (Å²) in [4.78, 5) is 0. The van der Waals surface area contributed by atoms with Crippen molar-refractivity contribution in [3.05, 3.63) is 29.8 Å². The lowest BCUT2D eigenvalue weighted by molar-refractivity contribution is 0.340. The van der Waals surface area contributed by atoms with Gasteiger partial charge in [-0.3, -0.25) is 0 Å². The van der Waals surface area contributed by atoms with Crippen molar-refractivity contribution in [3.63, 3.8) is 0 Å². The number of ether oxygens (including phenoxy) is 1. The summed E-state index contributed by atoms with van der Waals surface area (Å²) >= 11 is 0. The molecule has 1 aliphatic rings. The van der Waals surface area contributed by atoms with E-state index in [0.29, 0.717) is 11.5 Å². The van der Waals surface area contributed by atoms with Gasteiger partial charge in [-0.2, -0.15) is 0 Å². The van der Waals surface area contributed by atoms with Crippen molar-refractivity contribution >= 4 is 0 Å². The van der Waals surface area contributed by atoms with Crippen molar-refractivity contribution in [2.24, 2.45) is 11.3 Å². The molecular formula is C16H25NO. The van der Waals surface area contributed by atoms with Crippen molar-refractivity contribution in [1.29, 1.82) is 0 Å². The molecule has 1 aromatic carbocycles. The fourth-order valence-corrected chi connectivity index (χ4v) is 2.38. The Bertz CT molecular complexity index is 383. The predicted octanol–water partition coefficient (Wildman–Crippen LogP) is 3.78. The SMILES string of the molecule is CCOc1ccc(C(C)NCC2CC2(C)C)cc1. The second-order valence-electron chi connectivity index (χ2n) is 6.02. The molecule has 0 saturated heterocycles. The van der Waals surface area contributed by atoms with Crippen LogP contribution in [0.5, 0.6) is 5.75 Å². The first-order valence-electron chi connectivity index (χ1n) is 6.99. The predicted molar refractivity (Wildman–Crippen MR) is 75.9 cm³/mol. The molecule has 2 unspecified atom stereocenters. The summed E-state index contributed by atoms with van der Waals surface area (Å²) in [5, 5.41) is 3.63. The Morgan fingerprint density at radius 1 is 1.33 bits per heavy atom. The van der Waals surface area contributed by atoms with Crippen LogP contribution in [0.15, 0.2) is 24.3 Å². The molecule has 1 aromatic rings. The molecule has 2 heteroatoms. The molecular weight excluding hydrogens is 222 g/mol. The van der Waals surface area contributed by atoms with Crippen LogP contribution in [-0.4, -0.2) is 13.2 Å². The standard InChI is InChI=1S/C16H25NO/c1-5-18-15-8-6-13(7-9-15)12(2)17-11-14-10-16(14,3)4/h6-9,12,14,17H,5,10-11H2,1-4H3. The molecule has 0 bridgehead atoms. The van der Waals surface area contributed by atoms with E-state index in [2.05, 4.69) is 50.4 Å². The number of benzene rings is 1. The van der Waals surface area contributed by atoms with E-state index < -0.39 is 0 Å². The van der Waals surface area contributed by atoms with Gasteiger partial charge in [-0.15, -0.1) is 0 Å². The molecule has 1 N–H and O–H groups in total. The minimum atomic E-state index is 0.414. The van der Waals surface area contributed by atoms with Crippen molar-refractivity contribution in [2.75, 3.05) is 13.2 Å². The number of hydrogen-bond donors (Lipinski definition) is 1. The van der Waals surface area contributed by atoms with E-state index in [0.717, 1.165) is 24.8 Å². The Hall–Kier alpha value is -1.02. The van der Waals surface area contributed by atoms with E-state index in [-0.39, 0.29) is 0 Å². The van der Waals surface area contributed by atoms with Crippen molar-refractivity contribution < 1.29 is 4.74 Å². The summed E-state index contributed by atoms with van der Waals surface area (Å²) in [5.41, 5.74) is 1.89. The molecule has 0 aromatic heterocycles. The van der Waals surface area contributed by atoms with Gasteiger partial charge < -0.3 is 10.1 Å². The van der Waals surface area contributed by atoms with E-state index >= 15 is 0 Å². The Balaban J connectivity index is 1.83. The van der Waals surface area contributed by atoms with Gasteiger partial charge in [-0.25, -0.2) is 0 Å². The third kappa shape index (κ3) is 3.26. The zero-order valence-electron chi connectivity index (χ0n) is 12.0. The fraction of sp³-hybridized carbons (Fsp3) is 0.625. The van der Waals surface area contributed by atoms with Gasteiger partial charge >= 0.3 is 0 Å². The lowest BCUT2D eigenvalue weighted by Crippen LogP contribution is -2.22. The molecule has 0 radical (unpaired) electrons. The maximum absolute atomic E-state index is 5.46. The van der Waals surface area contributed by atoms with Crippen LogP contribution in [-0.2, 0) is 0 Å². The second-order valence-corrected chi connectivity index (χ2v) is 6.02. The van der Waals surface area contributed by atoms with Crippen LogP contribution in [0.2, 0.25) is 0 Å². The molecule has 2 atom stereocenters. The third-order valence-electron chi connectivity index (χ3n) is 4.08. The summed E-state index contributed by atoms with van der Waals surface area (Å²) in [7, 11) is 0. The van der Waals surface area contributed by atoms with Crippen LogP contribution in [0.1, 0.15) is 45.7 Å². The van der Waals surface area contributed by atoms with Gasteiger partial charge in [0.25, 0.3) is 0 Å². The van der Waals surface area contributed by atoms with Crippen LogP contribution in [0.4, 0.5) is 0 Å². The maximum atomic E-state index is 5.46. The first kappa shape index (κ1) is 13.4. The van der Waals surface area contributed by atoms with E-state index in [9.17, 15) is 0 Å². The molecule has 0 spiro atoms. The number of rotatable bonds is 6. The molecule has 2 rings (SSSR count). The summed E-state index contributed by atoms with van der Waals surface area (Å²) in [6.07, 6.45) is 1.36. The minimum Gasteiger partial charge on any atom is -0.494 e. The van der Waals surface area contributed by atoms with Crippen molar-refractivity contribution in [2.45, 2.75) is 40.2 Å². The summed E-state index contributed by atoms with van der Waals surface area (Å²) in [6.45, 7) is 10.8. The van der Waals surface area contributed by atoms with Gasteiger partial charge in [-0.1, -0.05) is 26.0 Å². The Morgan fingerprint density at radius 2 is 1.94 bits per heavy atom. The average molecular weight is 247 g/mol. The van der Waals surface area contributed by atoms with Gasteiger partial charge in [-0.05, 0) is 55.8 Å². The lowest BCUT2D eigenvalue weighted by atomic mass is 10.1. The molecule has 100 valence electrons. The second kappa shape index (κ2) is 5.31. The highest BCUT2D eigenvalue weighted by atomic mass is 16.5. The molecule has 0 heterocycles. The quantitative estimate of drug-likeness (QED) is 0.826.